The number of unbranched alkanes of at least 4 members (excludes halogenated alkanes) is 2. The van der Waals surface area contributed by atoms with Crippen LogP contribution in [0.1, 0.15) is 82.5 Å². The highest BCUT2D eigenvalue weighted by Crippen LogP contribution is 2.35. The second-order valence-electron chi connectivity index (χ2n) is 6.03. The van der Waals surface area contributed by atoms with Crippen LogP contribution in [-0.4, -0.2) is 9.97 Å². The molecule has 0 atom stereocenters. The van der Waals surface area contributed by atoms with Gasteiger partial charge in [0.15, 0.2) is 0 Å². The Hall–Kier alpha value is -0.920. The van der Waals surface area contributed by atoms with E-state index in [1.807, 2.05) is 0 Å². The highest BCUT2D eigenvalue weighted by molar-refractivity contribution is 5.08. The Morgan fingerprint density at radius 2 is 1.68 bits per heavy atom. The highest BCUT2D eigenvalue weighted by atomic mass is 14.9. The first-order valence-corrected chi connectivity index (χ1v) is 8.14. The van der Waals surface area contributed by atoms with E-state index in [1.165, 1.54) is 56.9 Å². The van der Waals surface area contributed by atoms with Crippen molar-refractivity contribution in [1.29, 1.82) is 0 Å². The van der Waals surface area contributed by atoms with E-state index in [0.717, 1.165) is 18.2 Å². The first-order chi connectivity index (χ1) is 9.33. The highest BCUT2D eigenvalue weighted by Gasteiger charge is 2.22. The summed E-state index contributed by atoms with van der Waals surface area (Å²) in [5, 5.41) is 0. The summed E-state index contributed by atoms with van der Waals surface area (Å²) in [7, 11) is 0. The van der Waals surface area contributed by atoms with Crippen molar-refractivity contribution in [2.24, 2.45) is 5.92 Å². The maximum Gasteiger partial charge on any atom is 0.131 e. The molecule has 19 heavy (non-hydrogen) atoms. The minimum absolute atomic E-state index is 0.618. The first kappa shape index (κ1) is 14.5. The van der Waals surface area contributed by atoms with Crippen molar-refractivity contribution in [3.63, 3.8) is 0 Å². The summed E-state index contributed by atoms with van der Waals surface area (Å²) in [6.45, 7) is 4.55. The largest absolute Gasteiger partial charge is 0.241 e. The number of nitrogens with zero attached hydrogens (tertiary/aromatic N) is 2. The van der Waals surface area contributed by atoms with Crippen molar-refractivity contribution in [3.8, 4) is 0 Å². The van der Waals surface area contributed by atoms with Gasteiger partial charge < -0.3 is 0 Å². The number of hydrogen-bond acceptors (Lipinski definition) is 2. The molecular weight excluding hydrogens is 232 g/mol. The molecule has 106 valence electrons. The fourth-order valence-corrected chi connectivity index (χ4v) is 3.11. The summed E-state index contributed by atoms with van der Waals surface area (Å²) in [5.41, 5.74) is 1.31. The molecule has 2 rings (SSSR count). The van der Waals surface area contributed by atoms with Crippen molar-refractivity contribution in [2.45, 2.75) is 77.6 Å². The molecule has 0 amide bonds. The summed E-state index contributed by atoms with van der Waals surface area (Å²) in [6.07, 6.45) is 15.7. The SMILES string of the molecule is CCCCCc1cnc([C@H]2CC[C@H](CC)CC2)nc1. The third kappa shape index (κ3) is 4.29. The lowest BCUT2D eigenvalue weighted by atomic mass is 9.80. The van der Waals surface area contributed by atoms with Crippen molar-refractivity contribution < 1.29 is 0 Å². The van der Waals surface area contributed by atoms with Gasteiger partial charge in [-0.05, 0) is 50.0 Å². The number of rotatable bonds is 6. The van der Waals surface area contributed by atoms with Crippen LogP contribution in [0.5, 0.6) is 0 Å². The molecule has 1 aliphatic rings. The van der Waals surface area contributed by atoms with Gasteiger partial charge in [0, 0.05) is 18.3 Å². The Morgan fingerprint density at radius 1 is 1.00 bits per heavy atom. The van der Waals surface area contributed by atoms with Gasteiger partial charge in [0.25, 0.3) is 0 Å². The van der Waals surface area contributed by atoms with Gasteiger partial charge >= 0.3 is 0 Å². The van der Waals surface area contributed by atoms with E-state index in [0.29, 0.717) is 5.92 Å². The molecule has 0 aromatic carbocycles. The molecule has 0 saturated heterocycles. The maximum absolute atomic E-state index is 4.62. The number of aromatic nitrogens is 2. The summed E-state index contributed by atoms with van der Waals surface area (Å²) in [4.78, 5) is 9.24. The quantitative estimate of drug-likeness (QED) is 0.680. The first-order valence-electron chi connectivity index (χ1n) is 8.14. The molecule has 0 radical (unpaired) electrons. The molecule has 0 N–H and O–H groups in total. The Balaban J connectivity index is 1.84. The van der Waals surface area contributed by atoms with Gasteiger partial charge in [0.1, 0.15) is 5.82 Å². The average Bonchev–Trinajstić information content (AvgIpc) is 2.48. The Bertz CT molecular complexity index is 350. The minimum atomic E-state index is 0.618. The van der Waals surface area contributed by atoms with Crippen molar-refractivity contribution in [2.75, 3.05) is 0 Å². The fourth-order valence-electron chi connectivity index (χ4n) is 3.11. The lowest BCUT2D eigenvalue weighted by Gasteiger charge is -2.26. The van der Waals surface area contributed by atoms with Gasteiger partial charge in [-0.2, -0.15) is 0 Å². The van der Waals surface area contributed by atoms with Gasteiger partial charge in [-0.15, -0.1) is 0 Å². The Labute approximate surface area is 118 Å². The van der Waals surface area contributed by atoms with Crippen LogP contribution in [0.15, 0.2) is 12.4 Å². The van der Waals surface area contributed by atoms with Crippen LogP contribution in [0, 0.1) is 5.92 Å². The third-order valence-electron chi connectivity index (χ3n) is 4.58. The van der Waals surface area contributed by atoms with Gasteiger partial charge in [0.05, 0.1) is 0 Å². The molecule has 2 heteroatoms. The molecule has 1 heterocycles. The van der Waals surface area contributed by atoms with Gasteiger partial charge in [-0.1, -0.05) is 33.1 Å². The van der Waals surface area contributed by atoms with Crippen molar-refractivity contribution in [1.82, 2.24) is 9.97 Å². The predicted molar refractivity (Wildman–Crippen MR) is 80.3 cm³/mol. The third-order valence-corrected chi connectivity index (χ3v) is 4.58. The van der Waals surface area contributed by atoms with Crippen LogP contribution in [0.4, 0.5) is 0 Å². The molecular formula is C17H28N2. The van der Waals surface area contributed by atoms with Crippen LogP contribution in [0.2, 0.25) is 0 Å². The number of aryl methyl sites for hydroxylation is 1. The fraction of sp³-hybridized carbons (Fsp3) is 0.765. The lowest BCUT2D eigenvalue weighted by Crippen LogP contribution is -2.14. The average molecular weight is 260 g/mol. The van der Waals surface area contributed by atoms with E-state index in [9.17, 15) is 0 Å². The molecule has 2 nitrogen and oxygen atoms in total. The van der Waals surface area contributed by atoms with E-state index >= 15 is 0 Å². The van der Waals surface area contributed by atoms with E-state index < -0.39 is 0 Å². The van der Waals surface area contributed by atoms with E-state index in [2.05, 4.69) is 36.2 Å². The number of hydrogen-bond donors (Lipinski definition) is 0. The van der Waals surface area contributed by atoms with E-state index in [4.69, 9.17) is 0 Å². The standard InChI is InChI=1S/C17H28N2/c1-3-5-6-7-15-12-18-17(19-13-15)16-10-8-14(4-2)9-11-16/h12-14,16H,3-11H2,1-2H3/t14-,16-. The summed E-state index contributed by atoms with van der Waals surface area (Å²) in [5.74, 6) is 2.66. The van der Waals surface area contributed by atoms with Gasteiger partial charge in [-0.3, -0.25) is 0 Å². The molecule has 1 saturated carbocycles. The van der Waals surface area contributed by atoms with Crippen molar-refractivity contribution in [3.05, 3.63) is 23.8 Å². The second kappa shape index (κ2) is 7.62. The lowest BCUT2D eigenvalue weighted by molar-refractivity contribution is 0.312. The molecule has 0 aliphatic heterocycles. The Kier molecular flexibility index (Phi) is 5.81. The zero-order valence-electron chi connectivity index (χ0n) is 12.6. The smallest absolute Gasteiger partial charge is 0.131 e. The van der Waals surface area contributed by atoms with E-state index in [1.54, 1.807) is 0 Å². The predicted octanol–water partition coefficient (Wildman–Crippen LogP) is 4.89. The summed E-state index contributed by atoms with van der Waals surface area (Å²) < 4.78 is 0. The molecule has 1 aliphatic carbocycles. The zero-order chi connectivity index (χ0) is 13.5. The topological polar surface area (TPSA) is 25.8 Å². The van der Waals surface area contributed by atoms with Crippen LogP contribution < -0.4 is 0 Å². The minimum Gasteiger partial charge on any atom is -0.241 e. The summed E-state index contributed by atoms with van der Waals surface area (Å²) >= 11 is 0. The normalized spacial score (nSPS) is 23.5. The monoisotopic (exact) mass is 260 g/mol. The van der Waals surface area contributed by atoms with Gasteiger partial charge in [-0.25, -0.2) is 9.97 Å². The van der Waals surface area contributed by atoms with Crippen molar-refractivity contribution >= 4 is 0 Å². The van der Waals surface area contributed by atoms with E-state index in [-0.39, 0.29) is 0 Å². The molecule has 1 aromatic heterocycles. The summed E-state index contributed by atoms with van der Waals surface area (Å²) in [6, 6.07) is 0. The molecule has 0 bridgehead atoms. The molecule has 1 aromatic rings. The maximum atomic E-state index is 4.62. The van der Waals surface area contributed by atoms with Crippen LogP contribution in [0.3, 0.4) is 0 Å². The van der Waals surface area contributed by atoms with Gasteiger partial charge in [0.2, 0.25) is 0 Å². The zero-order valence-corrected chi connectivity index (χ0v) is 12.6. The second-order valence-corrected chi connectivity index (χ2v) is 6.03. The molecule has 0 spiro atoms. The molecule has 0 unspecified atom stereocenters. The molecule has 1 fully saturated rings. The van der Waals surface area contributed by atoms with Crippen LogP contribution in [0.25, 0.3) is 0 Å². The van der Waals surface area contributed by atoms with Crippen LogP contribution in [-0.2, 0) is 6.42 Å². The Morgan fingerprint density at radius 3 is 2.26 bits per heavy atom. The van der Waals surface area contributed by atoms with Crippen LogP contribution >= 0.6 is 0 Å².